The summed E-state index contributed by atoms with van der Waals surface area (Å²) in [6, 6.07) is 0.591. The van der Waals surface area contributed by atoms with Crippen molar-refractivity contribution in [3.05, 3.63) is 17.0 Å². The van der Waals surface area contributed by atoms with Gasteiger partial charge in [0, 0.05) is 22.7 Å². The van der Waals surface area contributed by atoms with Crippen molar-refractivity contribution in [2.24, 2.45) is 5.92 Å². The van der Waals surface area contributed by atoms with Gasteiger partial charge in [-0.25, -0.2) is 9.97 Å². The number of nitrogens with zero attached hydrogens (tertiary/aromatic N) is 2. The lowest BCUT2D eigenvalue weighted by Crippen LogP contribution is -2.40. The van der Waals surface area contributed by atoms with Crippen molar-refractivity contribution in [2.75, 3.05) is 7.05 Å². The Labute approximate surface area is 127 Å². The van der Waals surface area contributed by atoms with Crippen molar-refractivity contribution in [2.45, 2.75) is 69.8 Å². The van der Waals surface area contributed by atoms with Gasteiger partial charge in [-0.15, -0.1) is 0 Å². The number of thioether (sulfide) groups is 1. The Morgan fingerprint density at radius 2 is 1.80 bits per heavy atom. The zero-order chi connectivity index (χ0) is 14.7. The van der Waals surface area contributed by atoms with E-state index in [4.69, 9.17) is 0 Å². The summed E-state index contributed by atoms with van der Waals surface area (Å²) in [4.78, 5) is 9.34. The highest BCUT2D eigenvalue weighted by atomic mass is 32.2. The monoisotopic (exact) mass is 293 g/mol. The molecule has 3 nitrogen and oxygen atoms in total. The summed E-state index contributed by atoms with van der Waals surface area (Å²) in [5.41, 5.74) is 3.45. The number of nitrogens with one attached hydrogen (secondary N) is 1. The van der Waals surface area contributed by atoms with Gasteiger partial charge >= 0.3 is 0 Å². The minimum atomic E-state index is 0.591. The van der Waals surface area contributed by atoms with Crippen LogP contribution >= 0.6 is 11.8 Å². The Morgan fingerprint density at radius 1 is 1.15 bits per heavy atom. The van der Waals surface area contributed by atoms with Crippen molar-refractivity contribution >= 4 is 11.8 Å². The number of hydrogen-bond acceptors (Lipinski definition) is 4. The smallest absolute Gasteiger partial charge is 0.188 e. The zero-order valence-corrected chi connectivity index (χ0v) is 14.2. The summed E-state index contributed by atoms with van der Waals surface area (Å²) in [7, 11) is 2.08. The third-order valence-corrected chi connectivity index (χ3v) is 5.93. The molecule has 0 saturated heterocycles. The van der Waals surface area contributed by atoms with Gasteiger partial charge in [0.2, 0.25) is 0 Å². The van der Waals surface area contributed by atoms with Crippen molar-refractivity contribution in [3.63, 3.8) is 0 Å². The normalized spacial score (nSPS) is 26.8. The molecule has 0 radical (unpaired) electrons. The second kappa shape index (κ2) is 6.90. The summed E-state index contributed by atoms with van der Waals surface area (Å²) < 4.78 is 0. The average Bonchev–Trinajstić information content (AvgIpc) is 2.44. The van der Waals surface area contributed by atoms with Gasteiger partial charge in [-0.1, -0.05) is 25.1 Å². The third kappa shape index (κ3) is 3.53. The maximum atomic E-state index is 4.67. The summed E-state index contributed by atoms with van der Waals surface area (Å²) >= 11 is 1.87. The molecule has 112 valence electrons. The number of hydrogen-bond donors (Lipinski definition) is 1. The summed E-state index contributed by atoms with van der Waals surface area (Å²) in [6.45, 7) is 8.57. The third-order valence-electron chi connectivity index (χ3n) is 4.72. The van der Waals surface area contributed by atoms with Gasteiger partial charge in [0.25, 0.3) is 0 Å². The molecule has 4 heteroatoms. The standard InChI is InChI=1S/C16H27N3S/c1-6-13-7-8-14(17-5)15(9-13)20-16-18-11(3)10(2)12(4)19-16/h13-15,17H,6-9H2,1-5H3. The topological polar surface area (TPSA) is 37.8 Å². The van der Waals surface area contributed by atoms with E-state index in [1.54, 1.807) is 0 Å². The molecule has 1 aromatic rings. The van der Waals surface area contributed by atoms with Crippen LogP contribution in [0.3, 0.4) is 0 Å². The minimum Gasteiger partial charge on any atom is -0.316 e. The Balaban J connectivity index is 2.13. The van der Waals surface area contributed by atoms with Crippen LogP contribution < -0.4 is 5.32 Å². The van der Waals surface area contributed by atoms with Gasteiger partial charge in [-0.2, -0.15) is 0 Å². The molecule has 1 heterocycles. The van der Waals surface area contributed by atoms with Crippen molar-refractivity contribution in [1.82, 2.24) is 15.3 Å². The minimum absolute atomic E-state index is 0.591. The van der Waals surface area contributed by atoms with Crippen LogP contribution in [-0.2, 0) is 0 Å². The molecule has 1 aliphatic rings. The van der Waals surface area contributed by atoms with Crippen LogP contribution in [0, 0.1) is 26.7 Å². The van der Waals surface area contributed by atoms with Crippen LogP contribution in [0.15, 0.2) is 5.16 Å². The largest absolute Gasteiger partial charge is 0.316 e. The maximum absolute atomic E-state index is 4.67. The molecule has 0 aliphatic heterocycles. The molecule has 1 aliphatic carbocycles. The molecule has 1 N–H and O–H groups in total. The molecule has 1 fully saturated rings. The first-order valence-electron chi connectivity index (χ1n) is 7.70. The highest BCUT2D eigenvalue weighted by Gasteiger charge is 2.30. The van der Waals surface area contributed by atoms with Crippen LogP contribution in [0.25, 0.3) is 0 Å². The van der Waals surface area contributed by atoms with E-state index in [1.807, 2.05) is 11.8 Å². The number of aromatic nitrogens is 2. The molecular formula is C16H27N3S. The molecule has 3 atom stereocenters. The molecule has 2 rings (SSSR count). The van der Waals surface area contributed by atoms with E-state index < -0.39 is 0 Å². The predicted molar refractivity (Wildman–Crippen MR) is 86.4 cm³/mol. The van der Waals surface area contributed by atoms with Crippen molar-refractivity contribution in [1.29, 1.82) is 0 Å². The van der Waals surface area contributed by atoms with Crippen LogP contribution in [0.1, 0.15) is 49.6 Å². The lowest BCUT2D eigenvalue weighted by atomic mass is 9.84. The van der Waals surface area contributed by atoms with Crippen LogP contribution in [0.2, 0.25) is 0 Å². The molecule has 1 aromatic heterocycles. The van der Waals surface area contributed by atoms with E-state index in [9.17, 15) is 0 Å². The Morgan fingerprint density at radius 3 is 2.35 bits per heavy atom. The zero-order valence-electron chi connectivity index (χ0n) is 13.4. The van der Waals surface area contributed by atoms with Gasteiger partial charge in [0.1, 0.15) is 0 Å². The summed E-state index contributed by atoms with van der Waals surface area (Å²) in [5.74, 6) is 0.866. The Hall–Kier alpha value is -0.610. The van der Waals surface area contributed by atoms with Crippen LogP contribution in [0.5, 0.6) is 0 Å². The molecule has 0 amide bonds. The van der Waals surface area contributed by atoms with E-state index in [-0.39, 0.29) is 0 Å². The molecule has 1 saturated carbocycles. The summed E-state index contributed by atoms with van der Waals surface area (Å²) in [6.07, 6.45) is 5.20. The fourth-order valence-corrected chi connectivity index (χ4v) is 4.43. The first-order valence-corrected chi connectivity index (χ1v) is 8.58. The van der Waals surface area contributed by atoms with Gasteiger partial charge < -0.3 is 5.32 Å². The molecule has 3 unspecified atom stereocenters. The van der Waals surface area contributed by atoms with Gasteiger partial charge in [0.15, 0.2) is 5.16 Å². The van der Waals surface area contributed by atoms with E-state index in [0.29, 0.717) is 11.3 Å². The molecule has 20 heavy (non-hydrogen) atoms. The van der Waals surface area contributed by atoms with E-state index >= 15 is 0 Å². The first kappa shape index (κ1) is 15.8. The van der Waals surface area contributed by atoms with Gasteiger partial charge in [0.05, 0.1) is 0 Å². The average molecular weight is 293 g/mol. The quantitative estimate of drug-likeness (QED) is 0.860. The number of aryl methyl sites for hydroxylation is 2. The van der Waals surface area contributed by atoms with Gasteiger partial charge in [-0.3, -0.25) is 0 Å². The van der Waals surface area contributed by atoms with Crippen LogP contribution in [-0.4, -0.2) is 28.3 Å². The number of rotatable bonds is 4. The second-order valence-electron chi connectivity index (χ2n) is 5.94. The van der Waals surface area contributed by atoms with Gasteiger partial charge in [-0.05, 0) is 58.6 Å². The van der Waals surface area contributed by atoms with E-state index in [2.05, 4.69) is 50.0 Å². The molecule has 0 spiro atoms. The van der Waals surface area contributed by atoms with Crippen molar-refractivity contribution < 1.29 is 0 Å². The Kier molecular flexibility index (Phi) is 5.44. The molecular weight excluding hydrogens is 266 g/mol. The molecule has 0 bridgehead atoms. The maximum Gasteiger partial charge on any atom is 0.188 e. The molecule has 0 aromatic carbocycles. The van der Waals surface area contributed by atoms with Crippen LogP contribution in [0.4, 0.5) is 0 Å². The lowest BCUT2D eigenvalue weighted by molar-refractivity contribution is 0.304. The van der Waals surface area contributed by atoms with E-state index in [1.165, 1.54) is 31.2 Å². The van der Waals surface area contributed by atoms with E-state index in [0.717, 1.165) is 22.5 Å². The highest BCUT2D eigenvalue weighted by molar-refractivity contribution is 7.99. The first-order chi connectivity index (χ1) is 9.55. The fraction of sp³-hybridized carbons (Fsp3) is 0.750. The Bertz CT molecular complexity index is 438. The lowest BCUT2D eigenvalue weighted by Gasteiger charge is -2.35. The SMILES string of the molecule is CCC1CCC(NC)C(Sc2nc(C)c(C)c(C)n2)C1. The van der Waals surface area contributed by atoms with Crippen molar-refractivity contribution in [3.8, 4) is 0 Å². The summed E-state index contributed by atoms with van der Waals surface area (Å²) in [5, 5.41) is 5.03. The highest BCUT2D eigenvalue weighted by Crippen LogP contribution is 2.36. The fourth-order valence-electron chi connectivity index (χ4n) is 2.97. The second-order valence-corrected chi connectivity index (χ2v) is 7.15. The predicted octanol–water partition coefficient (Wildman–Crippen LogP) is 3.66.